The zero-order valence-corrected chi connectivity index (χ0v) is 12.8. The highest BCUT2D eigenvalue weighted by atomic mass is 15.2. The van der Waals surface area contributed by atoms with Crippen molar-refractivity contribution in [1.29, 1.82) is 0 Å². The van der Waals surface area contributed by atoms with Crippen LogP contribution < -0.4 is 5.32 Å². The third kappa shape index (κ3) is 3.27. The first-order valence-corrected chi connectivity index (χ1v) is 8.07. The molecule has 18 heavy (non-hydrogen) atoms. The van der Waals surface area contributed by atoms with Crippen molar-refractivity contribution >= 4 is 0 Å². The van der Waals surface area contributed by atoms with Gasteiger partial charge in [0.2, 0.25) is 0 Å². The van der Waals surface area contributed by atoms with E-state index < -0.39 is 0 Å². The summed E-state index contributed by atoms with van der Waals surface area (Å²) in [5, 5.41) is 3.75. The number of hydrogen-bond acceptors (Lipinski definition) is 2. The first-order valence-electron chi connectivity index (χ1n) is 8.07. The summed E-state index contributed by atoms with van der Waals surface area (Å²) in [4.78, 5) is 2.77. The van der Waals surface area contributed by atoms with Crippen molar-refractivity contribution in [3.8, 4) is 0 Å². The molecular formula is C16H32N2. The lowest BCUT2D eigenvalue weighted by molar-refractivity contribution is 0.0931. The summed E-state index contributed by atoms with van der Waals surface area (Å²) in [7, 11) is 0. The van der Waals surface area contributed by atoms with E-state index in [1.54, 1.807) is 0 Å². The number of piperazine rings is 1. The Morgan fingerprint density at radius 2 is 2.06 bits per heavy atom. The van der Waals surface area contributed by atoms with Gasteiger partial charge in [-0.2, -0.15) is 0 Å². The van der Waals surface area contributed by atoms with Gasteiger partial charge >= 0.3 is 0 Å². The molecule has 0 bridgehead atoms. The Morgan fingerprint density at radius 1 is 1.33 bits per heavy atom. The summed E-state index contributed by atoms with van der Waals surface area (Å²) in [5.74, 6) is 0.807. The molecule has 2 rings (SSSR count). The fourth-order valence-corrected chi connectivity index (χ4v) is 3.46. The van der Waals surface area contributed by atoms with E-state index in [4.69, 9.17) is 0 Å². The molecule has 0 aromatic heterocycles. The van der Waals surface area contributed by atoms with Crippen LogP contribution in [0.15, 0.2) is 0 Å². The summed E-state index contributed by atoms with van der Waals surface area (Å²) in [6.07, 6.45) is 7.05. The Morgan fingerprint density at radius 3 is 2.61 bits per heavy atom. The summed E-state index contributed by atoms with van der Waals surface area (Å²) in [5.41, 5.74) is 0.709. The first-order chi connectivity index (χ1) is 8.60. The van der Waals surface area contributed by atoms with E-state index in [9.17, 15) is 0 Å². The highest BCUT2D eigenvalue weighted by Crippen LogP contribution is 2.50. The largest absolute Gasteiger partial charge is 0.311 e. The van der Waals surface area contributed by atoms with Crippen LogP contribution >= 0.6 is 0 Å². The van der Waals surface area contributed by atoms with Gasteiger partial charge in [-0.05, 0) is 37.5 Å². The van der Waals surface area contributed by atoms with Crippen molar-refractivity contribution in [1.82, 2.24) is 10.2 Å². The molecule has 1 aliphatic heterocycles. The third-order valence-corrected chi connectivity index (χ3v) is 5.34. The monoisotopic (exact) mass is 252 g/mol. The van der Waals surface area contributed by atoms with Crippen LogP contribution in [0.2, 0.25) is 0 Å². The Balaban J connectivity index is 1.89. The van der Waals surface area contributed by atoms with E-state index in [2.05, 4.69) is 37.9 Å². The van der Waals surface area contributed by atoms with E-state index in [0.29, 0.717) is 11.5 Å². The van der Waals surface area contributed by atoms with E-state index in [1.807, 2.05) is 0 Å². The van der Waals surface area contributed by atoms with Gasteiger partial charge in [0, 0.05) is 31.7 Å². The van der Waals surface area contributed by atoms with Gasteiger partial charge < -0.3 is 5.32 Å². The molecule has 1 heterocycles. The van der Waals surface area contributed by atoms with Gasteiger partial charge in [0.25, 0.3) is 0 Å². The van der Waals surface area contributed by atoms with Gasteiger partial charge in [-0.3, -0.25) is 4.90 Å². The summed E-state index contributed by atoms with van der Waals surface area (Å²) < 4.78 is 0. The van der Waals surface area contributed by atoms with Crippen molar-refractivity contribution < 1.29 is 0 Å². The van der Waals surface area contributed by atoms with Crippen molar-refractivity contribution in [3.63, 3.8) is 0 Å². The summed E-state index contributed by atoms with van der Waals surface area (Å²) >= 11 is 0. The SMILES string of the molecule is CCCC1(CN2CC(C(C)CC)NCC2C)CC1. The molecule has 0 aromatic rings. The Hall–Kier alpha value is -0.0800. The average molecular weight is 252 g/mol. The highest BCUT2D eigenvalue weighted by Gasteiger charge is 2.44. The van der Waals surface area contributed by atoms with Crippen LogP contribution in [-0.4, -0.2) is 36.6 Å². The molecule has 3 unspecified atom stereocenters. The lowest BCUT2D eigenvalue weighted by Gasteiger charge is -2.42. The van der Waals surface area contributed by atoms with Crippen LogP contribution in [0.25, 0.3) is 0 Å². The lowest BCUT2D eigenvalue weighted by atomic mass is 9.93. The molecule has 3 atom stereocenters. The molecule has 2 fully saturated rings. The molecule has 0 spiro atoms. The zero-order valence-electron chi connectivity index (χ0n) is 12.8. The predicted molar refractivity (Wildman–Crippen MR) is 78.9 cm³/mol. The van der Waals surface area contributed by atoms with Crippen LogP contribution in [0.3, 0.4) is 0 Å². The fraction of sp³-hybridized carbons (Fsp3) is 1.00. The molecule has 2 aliphatic rings. The second-order valence-electron chi connectivity index (χ2n) is 6.93. The van der Waals surface area contributed by atoms with Gasteiger partial charge in [-0.25, -0.2) is 0 Å². The molecule has 1 aliphatic carbocycles. The molecule has 2 nitrogen and oxygen atoms in total. The smallest absolute Gasteiger partial charge is 0.0221 e. The van der Waals surface area contributed by atoms with E-state index >= 15 is 0 Å². The van der Waals surface area contributed by atoms with Gasteiger partial charge in [-0.1, -0.05) is 33.6 Å². The Bertz CT molecular complexity index is 260. The van der Waals surface area contributed by atoms with Crippen molar-refractivity contribution in [3.05, 3.63) is 0 Å². The minimum Gasteiger partial charge on any atom is -0.311 e. The topological polar surface area (TPSA) is 15.3 Å². The zero-order chi connectivity index (χ0) is 13.2. The van der Waals surface area contributed by atoms with Crippen LogP contribution in [-0.2, 0) is 0 Å². The molecule has 106 valence electrons. The minimum absolute atomic E-state index is 0.709. The molecular weight excluding hydrogens is 220 g/mol. The maximum absolute atomic E-state index is 3.75. The quantitative estimate of drug-likeness (QED) is 0.780. The molecule has 0 amide bonds. The first kappa shape index (κ1) is 14.3. The minimum atomic E-state index is 0.709. The van der Waals surface area contributed by atoms with E-state index in [-0.39, 0.29) is 0 Å². The average Bonchev–Trinajstić information content (AvgIpc) is 3.11. The van der Waals surface area contributed by atoms with Crippen LogP contribution in [0.1, 0.15) is 59.8 Å². The van der Waals surface area contributed by atoms with Crippen molar-refractivity contribution in [2.24, 2.45) is 11.3 Å². The second-order valence-corrected chi connectivity index (χ2v) is 6.93. The Labute approximate surface area is 114 Å². The van der Waals surface area contributed by atoms with Crippen LogP contribution in [0, 0.1) is 11.3 Å². The van der Waals surface area contributed by atoms with E-state index in [1.165, 1.54) is 51.7 Å². The van der Waals surface area contributed by atoms with Gasteiger partial charge in [0.15, 0.2) is 0 Å². The lowest BCUT2D eigenvalue weighted by Crippen LogP contribution is -2.58. The van der Waals surface area contributed by atoms with Crippen LogP contribution in [0.4, 0.5) is 0 Å². The Kier molecular flexibility index (Phi) is 4.71. The second kappa shape index (κ2) is 5.92. The number of nitrogens with zero attached hydrogens (tertiary/aromatic N) is 1. The standard InChI is InChI=1S/C16H32N2/c1-5-7-16(8-9-16)12-18-11-15(13(3)6-2)17-10-14(18)4/h13-15,17H,5-12H2,1-4H3. The number of hydrogen-bond donors (Lipinski definition) is 1. The van der Waals surface area contributed by atoms with Crippen LogP contribution in [0.5, 0.6) is 0 Å². The fourth-order valence-electron chi connectivity index (χ4n) is 3.46. The van der Waals surface area contributed by atoms with Gasteiger partial charge in [0.1, 0.15) is 0 Å². The maximum atomic E-state index is 3.75. The van der Waals surface area contributed by atoms with Crippen molar-refractivity contribution in [2.45, 2.75) is 71.9 Å². The highest BCUT2D eigenvalue weighted by molar-refractivity contribution is 4.98. The molecule has 1 saturated carbocycles. The summed E-state index contributed by atoms with van der Waals surface area (Å²) in [6, 6.07) is 1.43. The molecule has 1 N–H and O–H groups in total. The van der Waals surface area contributed by atoms with Gasteiger partial charge in [0.05, 0.1) is 0 Å². The third-order valence-electron chi connectivity index (χ3n) is 5.34. The normalized spacial score (nSPS) is 33.3. The molecule has 0 radical (unpaired) electrons. The molecule has 1 saturated heterocycles. The maximum Gasteiger partial charge on any atom is 0.0221 e. The number of rotatable bonds is 6. The predicted octanol–water partition coefficient (Wildman–Crippen LogP) is 3.28. The van der Waals surface area contributed by atoms with E-state index in [0.717, 1.165) is 12.0 Å². The molecule has 2 heteroatoms. The number of nitrogens with one attached hydrogen (secondary N) is 1. The van der Waals surface area contributed by atoms with Gasteiger partial charge in [-0.15, -0.1) is 0 Å². The summed E-state index contributed by atoms with van der Waals surface area (Å²) in [6.45, 7) is 13.2. The molecule has 0 aromatic carbocycles. The van der Waals surface area contributed by atoms with Crippen molar-refractivity contribution in [2.75, 3.05) is 19.6 Å².